The topological polar surface area (TPSA) is 99.5 Å². The number of nitrogens with zero attached hydrogens (tertiary/aromatic N) is 2. The highest BCUT2D eigenvalue weighted by atomic mass is 28.4. The Labute approximate surface area is 234 Å². The van der Waals surface area contributed by atoms with Crippen LogP contribution in [0.2, 0.25) is 18.6 Å². The van der Waals surface area contributed by atoms with Gasteiger partial charge in [0.2, 0.25) is 0 Å². The van der Waals surface area contributed by atoms with Crippen molar-refractivity contribution in [2.45, 2.75) is 50.2 Å². The largest absolute Gasteiger partial charge is 0.482 e. The number of rotatable bonds is 6. The summed E-state index contributed by atoms with van der Waals surface area (Å²) < 4.78 is 12.2. The maximum Gasteiger partial charge on any atom is 0.269 e. The van der Waals surface area contributed by atoms with Crippen LogP contribution < -0.4 is 14.5 Å². The number of amides is 2. The van der Waals surface area contributed by atoms with E-state index in [4.69, 9.17) is 9.47 Å². The minimum Gasteiger partial charge on any atom is -0.482 e. The number of hydrogen-bond acceptors (Lipinski definition) is 6. The number of hydrogen-bond donors (Lipinski definition) is 2. The third-order valence-corrected chi connectivity index (χ3v) is 11.1. The SMILES string of the molecule is C[C@@H]1[C@@H]([Si](C)(C)O)[C@H](CCO)O[C@@]12C(=O)N(Cc1ccc(N3C(=O)COc4ccccc43)cc1)c1ccccc12. The standard InChI is InChI=1S/C31H34N2O6Si/c1-20-29(40(2,3)37)27(16-17-34)39-31(20)23-8-4-5-9-24(23)32(30(31)36)18-21-12-14-22(15-13-21)33-25-10-6-7-11-26(25)38-19-28(33)35/h4-15,20,27,29,34,37H,16-19H2,1-3H3/t20-,27+,29-,31+/m1/s1. The van der Waals surface area contributed by atoms with Gasteiger partial charge in [-0.2, -0.15) is 0 Å². The average Bonchev–Trinajstić information content (AvgIpc) is 3.36. The first kappa shape index (κ1) is 26.7. The highest BCUT2D eigenvalue weighted by Gasteiger charge is 2.66. The number of carbonyl (C=O) groups is 2. The molecule has 6 rings (SSSR count). The normalized spacial score (nSPS) is 25.8. The molecule has 0 radical (unpaired) electrons. The van der Waals surface area contributed by atoms with Gasteiger partial charge < -0.3 is 24.3 Å². The monoisotopic (exact) mass is 558 g/mol. The van der Waals surface area contributed by atoms with Crippen LogP contribution in [-0.4, -0.2) is 49.4 Å². The van der Waals surface area contributed by atoms with E-state index in [-0.39, 0.29) is 36.5 Å². The van der Waals surface area contributed by atoms with Crippen molar-refractivity contribution in [3.63, 3.8) is 0 Å². The fraction of sp³-hybridized carbons (Fsp3) is 0.355. The second-order valence-electron chi connectivity index (χ2n) is 11.4. The molecule has 9 heteroatoms. The Morgan fingerprint density at radius 1 is 0.975 bits per heavy atom. The Morgan fingerprint density at radius 3 is 2.35 bits per heavy atom. The summed E-state index contributed by atoms with van der Waals surface area (Å²) >= 11 is 0. The molecule has 3 aliphatic rings. The fourth-order valence-corrected chi connectivity index (χ4v) is 9.51. The van der Waals surface area contributed by atoms with E-state index in [1.54, 1.807) is 9.80 Å². The van der Waals surface area contributed by atoms with E-state index in [0.29, 0.717) is 24.4 Å². The number of fused-ring (bicyclic) bond motifs is 3. The highest BCUT2D eigenvalue weighted by molar-refractivity contribution is 6.71. The number of anilines is 3. The second kappa shape index (κ2) is 9.85. The van der Waals surface area contributed by atoms with Crippen molar-refractivity contribution in [2.75, 3.05) is 23.0 Å². The van der Waals surface area contributed by atoms with Gasteiger partial charge in [-0.25, -0.2) is 0 Å². The summed E-state index contributed by atoms with van der Waals surface area (Å²) in [5.74, 6) is 0.107. The minimum absolute atomic E-state index is 0.0239. The lowest BCUT2D eigenvalue weighted by Crippen LogP contribution is -2.46. The van der Waals surface area contributed by atoms with E-state index in [1.807, 2.05) is 92.8 Å². The zero-order chi connectivity index (χ0) is 28.2. The Balaban J connectivity index is 1.32. The average molecular weight is 559 g/mol. The van der Waals surface area contributed by atoms with Gasteiger partial charge in [0, 0.05) is 29.3 Å². The summed E-state index contributed by atoms with van der Waals surface area (Å²) in [6.07, 6.45) is -0.0366. The van der Waals surface area contributed by atoms with E-state index in [9.17, 15) is 19.5 Å². The van der Waals surface area contributed by atoms with Crippen LogP contribution in [0, 0.1) is 5.92 Å². The lowest BCUT2D eigenvalue weighted by atomic mass is 9.82. The fourth-order valence-electron chi connectivity index (χ4n) is 6.90. The van der Waals surface area contributed by atoms with Gasteiger partial charge in [0.05, 0.1) is 24.0 Å². The summed E-state index contributed by atoms with van der Waals surface area (Å²) in [6.45, 7) is 5.99. The molecule has 2 amide bonds. The molecule has 3 heterocycles. The molecule has 1 fully saturated rings. The van der Waals surface area contributed by atoms with Crippen molar-refractivity contribution in [1.82, 2.24) is 0 Å². The predicted octanol–water partition coefficient (Wildman–Crippen LogP) is 4.47. The summed E-state index contributed by atoms with van der Waals surface area (Å²) in [6, 6.07) is 22.8. The number of ether oxygens (including phenoxy) is 2. The van der Waals surface area contributed by atoms with Crippen LogP contribution in [0.1, 0.15) is 24.5 Å². The van der Waals surface area contributed by atoms with Crippen LogP contribution in [0.15, 0.2) is 72.8 Å². The molecule has 0 saturated carbocycles. The number of aliphatic hydroxyl groups excluding tert-OH is 1. The molecule has 3 aromatic carbocycles. The first-order chi connectivity index (χ1) is 19.2. The molecule has 0 bridgehead atoms. The zero-order valence-corrected chi connectivity index (χ0v) is 23.9. The van der Waals surface area contributed by atoms with Crippen LogP contribution >= 0.6 is 0 Å². The molecule has 3 aromatic rings. The third-order valence-electron chi connectivity index (χ3n) is 8.55. The number of para-hydroxylation sites is 3. The van der Waals surface area contributed by atoms with E-state index >= 15 is 0 Å². The maximum atomic E-state index is 14.3. The summed E-state index contributed by atoms with van der Waals surface area (Å²) in [5, 5.41) is 9.75. The van der Waals surface area contributed by atoms with Gasteiger partial charge in [-0.3, -0.25) is 14.5 Å². The summed E-state index contributed by atoms with van der Waals surface area (Å²) in [5.41, 5.74) is 2.52. The molecule has 1 spiro atoms. The molecule has 3 aliphatic heterocycles. The van der Waals surface area contributed by atoms with Crippen molar-refractivity contribution < 1.29 is 29.0 Å². The van der Waals surface area contributed by atoms with Gasteiger partial charge in [0.25, 0.3) is 11.8 Å². The lowest BCUT2D eigenvalue weighted by Gasteiger charge is -2.32. The molecule has 2 N–H and O–H groups in total. The Morgan fingerprint density at radius 2 is 1.65 bits per heavy atom. The van der Waals surface area contributed by atoms with Crippen molar-refractivity contribution in [1.29, 1.82) is 0 Å². The van der Waals surface area contributed by atoms with Crippen LogP contribution in [0.25, 0.3) is 0 Å². The molecule has 4 atom stereocenters. The van der Waals surface area contributed by atoms with Crippen LogP contribution in [0.4, 0.5) is 17.1 Å². The van der Waals surface area contributed by atoms with Crippen molar-refractivity contribution in [3.05, 3.63) is 83.9 Å². The summed E-state index contributed by atoms with van der Waals surface area (Å²) in [7, 11) is -2.73. The number of aliphatic hydroxyl groups is 1. The molecule has 1 saturated heterocycles. The molecular formula is C31H34N2O6Si. The van der Waals surface area contributed by atoms with Crippen molar-refractivity contribution in [2.24, 2.45) is 5.92 Å². The highest BCUT2D eigenvalue weighted by Crippen LogP contribution is 2.59. The van der Waals surface area contributed by atoms with Crippen LogP contribution in [0.5, 0.6) is 5.75 Å². The van der Waals surface area contributed by atoms with Gasteiger partial charge in [0.1, 0.15) is 5.75 Å². The molecule has 0 aromatic heterocycles. The number of carbonyl (C=O) groups excluding carboxylic acids is 2. The van der Waals surface area contributed by atoms with E-state index in [0.717, 1.165) is 22.5 Å². The lowest BCUT2D eigenvalue weighted by molar-refractivity contribution is -0.146. The molecule has 0 unspecified atom stereocenters. The number of benzene rings is 3. The Kier molecular flexibility index (Phi) is 6.57. The zero-order valence-electron chi connectivity index (χ0n) is 22.9. The quantitative estimate of drug-likeness (QED) is 0.433. The Hall–Kier alpha value is -3.50. The van der Waals surface area contributed by atoms with E-state index in [1.165, 1.54) is 0 Å². The van der Waals surface area contributed by atoms with Gasteiger partial charge in [0.15, 0.2) is 20.5 Å². The third kappa shape index (κ3) is 4.07. The smallest absolute Gasteiger partial charge is 0.269 e. The first-order valence-corrected chi connectivity index (χ1v) is 16.8. The van der Waals surface area contributed by atoms with Gasteiger partial charge >= 0.3 is 0 Å². The molecular weight excluding hydrogens is 524 g/mol. The molecule has 40 heavy (non-hydrogen) atoms. The van der Waals surface area contributed by atoms with Gasteiger partial charge in [-0.1, -0.05) is 49.4 Å². The van der Waals surface area contributed by atoms with Gasteiger partial charge in [-0.15, -0.1) is 0 Å². The molecule has 208 valence electrons. The minimum atomic E-state index is -2.73. The first-order valence-electron chi connectivity index (χ1n) is 13.7. The van der Waals surface area contributed by atoms with Crippen LogP contribution in [0.3, 0.4) is 0 Å². The molecule has 0 aliphatic carbocycles. The maximum absolute atomic E-state index is 14.3. The second-order valence-corrected chi connectivity index (χ2v) is 15.4. The molecule has 8 nitrogen and oxygen atoms in total. The van der Waals surface area contributed by atoms with Crippen LogP contribution in [-0.2, 0) is 26.5 Å². The van der Waals surface area contributed by atoms with Crippen molar-refractivity contribution >= 4 is 37.2 Å². The van der Waals surface area contributed by atoms with E-state index < -0.39 is 20.0 Å². The van der Waals surface area contributed by atoms with Crippen molar-refractivity contribution in [3.8, 4) is 5.75 Å². The predicted molar refractivity (Wildman–Crippen MR) is 154 cm³/mol. The Bertz CT molecular complexity index is 1450. The van der Waals surface area contributed by atoms with Gasteiger partial charge in [-0.05, 0) is 55.4 Å². The van der Waals surface area contributed by atoms with E-state index in [2.05, 4.69) is 0 Å². The summed E-state index contributed by atoms with van der Waals surface area (Å²) in [4.78, 5) is 41.7.